The van der Waals surface area contributed by atoms with Crippen molar-refractivity contribution in [3.63, 3.8) is 0 Å². The highest BCUT2D eigenvalue weighted by molar-refractivity contribution is 5.57. The summed E-state index contributed by atoms with van der Waals surface area (Å²) in [5, 5.41) is 12.3. The van der Waals surface area contributed by atoms with E-state index in [9.17, 15) is 5.21 Å². The summed E-state index contributed by atoms with van der Waals surface area (Å²) in [6.07, 6.45) is 7.57. The lowest BCUT2D eigenvalue weighted by Crippen LogP contribution is -2.44. The van der Waals surface area contributed by atoms with E-state index in [1.807, 2.05) is 0 Å². The van der Waals surface area contributed by atoms with E-state index in [0.29, 0.717) is 6.54 Å². The van der Waals surface area contributed by atoms with E-state index < -0.39 is 0 Å². The largest absolute Gasteiger partial charge is 0.350 e. The molecule has 1 aliphatic heterocycles. The third kappa shape index (κ3) is 4.46. The molecular formula is C23H32N2O. The summed E-state index contributed by atoms with van der Waals surface area (Å²) in [4.78, 5) is 2.38. The number of hydrogen-bond acceptors (Lipinski definition) is 3. The molecule has 1 aliphatic rings. The number of hydrogen-bond donors (Lipinski definition) is 1. The first-order chi connectivity index (χ1) is 12.7. The molecule has 0 spiro atoms. The van der Waals surface area contributed by atoms with Gasteiger partial charge < -0.3 is 10.1 Å². The molecule has 0 radical (unpaired) electrons. The van der Waals surface area contributed by atoms with Gasteiger partial charge in [-0.2, -0.15) is 5.06 Å². The summed E-state index contributed by atoms with van der Waals surface area (Å²) in [6.45, 7) is 5.90. The summed E-state index contributed by atoms with van der Waals surface area (Å²) >= 11 is 0. The van der Waals surface area contributed by atoms with Gasteiger partial charge in [-0.3, -0.25) is 0 Å². The summed E-state index contributed by atoms with van der Waals surface area (Å²) in [6, 6.07) is 17.0. The normalized spacial score (nSPS) is 17.3. The molecule has 2 aromatic rings. The minimum Gasteiger partial charge on any atom is -0.350 e. The van der Waals surface area contributed by atoms with Crippen LogP contribution in [-0.2, 0) is 6.54 Å². The number of hydroxylamine groups is 2. The van der Waals surface area contributed by atoms with Crippen molar-refractivity contribution in [1.82, 2.24) is 5.06 Å². The second-order valence-corrected chi connectivity index (χ2v) is 7.47. The number of unbranched alkanes of at least 4 members (excludes halogenated alkanes) is 5. The molecule has 0 amide bonds. The van der Waals surface area contributed by atoms with Crippen LogP contribution in [0.25, 0.3) is 0 Å². The first kappa shape index (κ1) is 18.9. The Morgan fingerprint density at radius 3 is 2.38 bits per heavy atom. The van der Waals surface area contributed by atoms with Crippen molar-refractivity contribution in [2.45, 2.75) is 65.1 Å². The Balaban J connectivity index is 1.78. The molecule has 3 heteroatoms. The SMILES string of the molecule is CCCCCCCCN1c2ccccc2CN(O)C1c1ccc(C)cc1. The standard InChI is InChI=1S/C23H32N2O/c1-3-4-5-6-7-10-17-24-22-12-9-8-11-21(22)18-25(26)23(24)20-15-13-19(2)14-16-20/h8-9,11-16,23,26H,3-7,10,17-18H2,1-2H3. The monoisotopic (exact) mass is 352 g/mol. The molecule has 0 fully saturated rings. The van der Waals surface area contributed by atoms with Crippen molar-refractivity contribution in [2.75, 3.05) is 11.4 Å². The van der Waals surface area contributed by atoms with Gasteiger partial charge in [0.2, 0.25) is 0 Å². The summed E-state index contributed by atoms with van der Waals surface area (Å²) in [5.74, 6) is 0. The van der Waals surface area contributed by atoms with E-state index in [1.165, 1.54) is 54.0 Å². The zero-order valence-electron chi connectivity index (χ0n) is 16.2. The Labute approximate surface area is 158 Å². The van der Waals surface area contributed by atoms with Crippen LogP contribution in [0.5, 0.6) is 0 Å². The molecule has 1 unspecified atom stereocenters. The van der Waals surface area contributed by atoms with Crippen LogP contribution >= 0.6 is 0 Å². The number of fused-ring (bicyclic) bond motifs is 1. The Kier molecular flexibility index (Phi) is 6.70. The molecule has 0 aliphatic carbocycles. The van der Waals surface area contributed by atoms with Gasteiger partial charge in [0.25, 0.3) is 0 Å². The van der Waals surface area contributed by atoms with E-state index in [0.717, 1.165) is 18.5 Å². The maximum atomic E-state index is 10.8. The van der Waals surface area contributed by atoms with Gasteiger partial charge in [0.15, 0.2) is 0 Å². The summed E-state index contributed by atoms with van der Waals surface area (Å²) in [7, 11) is 0. The molecule has 1 atom stereocenters. The van der Waals surface area contributed by atoms with Gasteiger partial charge >= 0.3 is 0 Å². The average molecular weight is 353 g/mol. The van der Waals surface area contributed by atoms with Gasteiger partial charge in [-0.15, -0.1) is 0 Å². The summed E-state index contributed by atoms with van der Waals surface area (Å²) < 4.78 is 0. The Hall–Kier alpha value is -1.84. The van der Waals surface area contributed by atoms with Crippen LogP contribution in [0.2, 0.25) is 0 Å². The molecule has 1 N–H and O–H groups in total. The second kappa shape index (κ2) is 9.20. The van der Waals surface area contributed by atoms with E-state index in [1.54, 1.807) is 0 Å². The van der Waals surface area contributed by atoms with Crippen LogP contribution in [0.3, 0.4) is 0 Å². The highest BCUT2D eigenvalue weighted by atomic mass is 16.5. The van der Waals surface area contributed by atoms with Crippen molar-refractivity contribution >= 4 is 5.69 Å². The van der Waals surface area contributed by atoms with Crippen molar-refractivity contribution in [3.8, 4) is 0 Å². The molecule has 3 rings (SSSR count). The number of rotatable bonds is 8. The number of aryl methyl sites for hydroxylation is 1. The zero-order valence-corrected chi connectivity index (χ0v) is 16.2. The number of benzene rings is 2. The van der Waals surface area contributed by atoms with Gasteiger partial charge in [-0.05, 0) is 30.5 Å². The Bertz CT molecular complexity index is 683. The van der Waals surface area contributed by atoms with Crippen LogP contribution in [0.15, 0.2) is 48.5 Å². The fraction of sp³-hybridized carbons (Fsp3) is 0.478. The molecule has 140 valence electrons. The molecule has 0 saturated heterocycles. The molecule has 26 heavy (non-hydrogen) atoms. The van der Waals surface area contributed by atoms with Crippen molar-refractivity contribution in [3.05, 3.63) is 65.2 Å². The minimum atomic E-state index is -0.110. The third-order valence-electron chi connectivity index (χ3n) is 5.34. The maximum absolute atomic E-state index is 10.8. The second-order valence-electron chi connectivity index (χ2n) is 7.47. The van der Waals surface area contributed by atoms with Crippen molar-refractivity contribution in [2.24, 2.45) is 0 Å². The predicted octanol–water partition coefficient (Wildman–Crippen LogP) is 6.07. The van der Waals surface area contributed by atoms with Crippen LogP contribution in [0.4, 0.5) is 5.69 Å². The van der Waals surface area contributed by atoms with Crippen molar-refractivity contribution in [1.29, 1.82) is 0 Å². The maximum Gasteiger partial charge on any atom is 0.131 e. The van der Waals surface area contributed by atoms with Crippen molar-refractivity contribution < 1.29 is 5.21 Å². The van der Waals surface area contributed by atoms with Crippen LogP contribution in [0, 0.1) is 6.92 Å². The van der Waals surface area contributed by atoms with Gasteiger partial charge in [0.1, 0.15) is 6.17 Å². The fourth-order valence-corrected chi connectivity index (χ4v) is 3.87. The van der Waals surface area contributed by atoms with E-state index >= 15 is 0 Å². The van der Waals surface area contributed by atoms with Gasteiger partial charge in [-0.25, -0.2) is 0 Å². The number of anilines is 1. The van der Waals surface area contributed by atoms with E-state index in [4.69, 9.17) is 0 Å². The lowest BCUT2D eigenvalue weighted by Gasteiger charge is -2.43. The average Bonchev–Trinajstić information content (AvgIpc) is 2.65. The first-order valence-corrected chi connectivity index (χ1v) is 10.1. The van der Waals surface area contributed by atoms with Gasteiger partial charge in [0.05, 0.1) is 6.54 Å². The topological polar surface area (TPSA) is 26.7 Å². The highest BCUT2D eigenvalue weighted by Crippen LogP contribution is 2.38. The quantitative estimate of drug-likeness (QED) is 0.584. The summed E-state index contributed by atoms with van der Waals surface area (Å²) in [5.41, 5.74) is 4.86. The predicted molar refractivity (Wildman–Crippen MR) is 108 cm³/mol. The van der Waals surface area contributed by atoms with E-state index in [2.05, 4.69) is 67.3 Å². The van der Waals surface area contributed by atoms with Gasteiger partial charge in [-0.1, -0.05) is 87.1 Å². The van der Waals surface area contributed by atoms with Crippen LogP contribution in [0.1, 0.15) is 68.3 Å². The molecule has 0 saturated carbocycles. The molecule has 3 nitrogen and oxygen atoms in total. The number of para-hydroxylation sites is 1. The smallest absolute Gasteiger partial charge is 0.131 e. The molecule has 2 aromatic carbocycles. The first-order valence-electron chi connectivity index (χ1n) is 10.1. The molecule has 1 heterocycles. The van der Waals surface area contributed by atoms with Crippen LogP contribution in [-0.4, -0.2) is 16.8 Å². The van der Waals surface area contributed by atoms with E-state index in [-0.39, 0.29) is 6.17 Å². The molecule has 0 bridgehead atoms. The highest BCUT2D eigenvalue weighted by Gasteiger charge is 2.32. The minimum absolute atomic E-state index is 0.110. The lowest BCUT2D eigenvalue weighted by atomic mass is 10.0. The number of nitrogens with zero attached hydrogens (tertiary/aromatic N) is 2. The Morgan fingerprint density at radius 2 is 1.62 bits per heavy atom. The third-order valence-corrected chi connectivity index (χ3v) is 5.34. The zero-order chi connectivity index (χ0) is 18.4. The van der Waals surface area contributed by atoms with Gasteiger partial charge in [0, 0.05) is 12.2 Å². The van der Waals surface area contributed by atoms with Crippen LogP contribution < -0.4 is 4.90 Å². The Morgan fingerprint density at radius 1 is 0.923 bits per heavy atom. The fourth-order valence-electron chi connectivity index (χ4n) is 3.87. The molecule has 0 aromatic heterocycles. The molecular weight excluding hydrogens is 320 g/mol. The lowest BCUT2D eigenvalue weighted by molar-refractivity contribution is -0.142.